The van der Waals surface area contributed by atoms with Crippen LogP contribution < -0.4 is 10.6 Å². The molecule has 2 rings (SSSR count). The standard InChI is InChI=1S/C15H20N4/c1-19(12-7-13-5-10-17-11-6-13)15-14(4-8-16)3-2-9-18-15/h2-3,5-6,9-11H,4,7-8,12,16H2,1H3. The van der Waals surface area contributed by atoms with E-state index in [4.69, 9.17) is 5.73 Å². The van der Waals surface area contributed by atoms with Gasteiger partial charge in [-0.15, -0.1) is 0 Å². The van der Waals surface area contributed by atoms with Gasteiger partial charge in [0.15, 0.2) is 0 Å². The Morgan fingerprint density at radius 2 is 1.89 bits per heavy atom. The van der Waals surface area contributed by atoms with Crippen molar-refractivity contribution in [3.05, 3.63) is 54.0 Å². The monoisotopic (exact) mass is 256 g/mol. The number of nitrogens with two attached hydrogens (primary N) is 1. The van der Waals surface area contributed by atoms with Gasteiger partial charge in [0, 0.05) is 32.2 Å². The van der Waals surface area contributed by atoms with Gasteiger partial charge in [-0.25, -0.2) is 4.98 Å². The van der Waals surface area contributed by atoms with Crippen molar-refractivity contribution < 1.29 is 0 Å². The van der Waals surface area contributed by atoms with E-state index < -0.39 is 0 Å². The molecular formula is C15H20N4. The predicted octanol–water partition coefficient (Wildman–Crippen LogP) is 1.66. The van der Waals surface area contributed by atoms with Gasteiger partial charge in [0.05, 0.1) is 0 Å². The highest BCUT2D eigenvalue weighted by molar-refractivity contribution is 5.46. The summed E-state index contributed by atoms with van der Waals surface area (Å²) >= 11 is 0. The van der Waals surface area contributed by atoms with Crippen LogP contribution in [-0.4, -0.2) is 30.1 Å². The lowest BCUT2D eigenvalue weighted by Gasteiger charge is -2.21. The maximum Gasteiger partial charge on any atom is 0.131 e. The molecule has 2 aromatic heterocycles. The van der Waals surface area contributed by atoms with Crippen molar-refractivity contribution in [3.63, 3.8) is 0 Å². The number of hydrogen-bond acceptors (Lipinski definition) is 4. The third-order valence-corrected chi connectivity index (χ3v) is 3.13. The summed E-state index contributed by atoms with van der Waals surface area (Å²) in [7, 11) is 2.07. The van der Waals surface area contributed by atoms with Crippen LogP contribution in [0.15, 0.2) is 42.9 Å². The van der Waals surface area contributed by atoms with Gasteiger partial charge in [0.25, 0.3) is 0 Å². The van der Waals surface area contributed by atoms with Crippen LogP contribution in [0.2, 0.25) is 0 Å². The van der Waals surface area contributed by atoms with Crippen LogP contribution in [0, 0.1) is 0 Å². The summed E-state index contributed by atoms with van der Waals surface area (Å²) in [6.45, 7) is 1.58. The van der Waals surface area contributed by atoms with Gasteiger partial charge in [0.2, 0.25) is 0 Å². The molecule has 4 heteroatoms. The first kappa shape index (κ1) is 13.5. The third kappa shape index (κ3) is 3.76. The minimum absolute atomic E-state index is 0.650. The average molecular weight is 256 g/mol. The van der Waals surface area contributed by atoms with E-state index in [2.05, 4.69) is 28.0 Å². The third-order valence-electron chi connectivity index (χ3n) is 3.13. The molecule has 0 fully saturated rings. The van der Waals surface area contributed by atoms with Crippen LogP contribution in [0.5, 0.6) is 0 Å². The van der Waals surface area contributed by atoms with Crippen LogP contribution in [-0.2, 0) is 12.8 Å². The molecule has 19 heavy (non-hydrogen) atoms. The topological polar surface area (TPSA) is 55.0 Å². The van der Waals surface area contributed by atoms with Crippen molar-refractivity contribution in [1.82, 2.24) is 9.97 Å². The van der Waals surface area contributed by atoms with Crippen LogP contribution >= 0.6 is 0 Å². The number of aromatic nitrogens is 2. The van der Waals surface area contributed by atoms with E-state index in [-0.39, 0.29) is 0 Å². The van der Waals surface area contributed by atoms with Crippen LogP contribution in [0.1, 0.15) is 11.1 Å². The lowest BCUT2D eigenvalue weighted by Crippen LogP contribution is -2.23. The zero-order chi connectivity index (χ0) is 13.5. The molecule has 0 saturated heterocycles. The van der Waals surface area contributed by atoms with Crippen molar-refractivity contribution in [2.24, 2.45) is 5.73 Å². The summed E-state index contributed by atoms with van der Waals surface area (Å²) in [5.41, 5.74) is 8.14. The molecule has 0 radical (unpaired) electrons. The molecule has 2 heterocycles. The molecule has 4 nitrogen and oxygen atoms in total. The summed E-state index contributed by atoms with van der Waals surface area (Å²) in [6, 6.07) is 8.16. The molecule has 2 N–H and O–H groups in total. The lowest BCUT2D eigenvalue weighted by atomic mass is 10.1. The van der Waals surface area contributed by atoms with Crippen LogP contribution in [0.25, 0.3) is 0 Å². The van der Waals surface area contributed by atoms with Crippen molar-refractivity contribution in [2.45, 2.75) is 12.8 Å². The van der Waals surface area contributed by atoms with Gasteiger partial charge in [-0.1, -0.05) is 6.07 Å². The van der Waals surface area contributed by atoms with Crippen molar-refractivity contribution in [3.8, 4) is 0 Å². The van der Waals surface area contributed by atoms with Crippen LogP contribution in [0.4, 0.5) is 5.82 Å². The second-order valence-corrected chi connectivity index (χ2v) is 4.55. The molecule has 0 unspecified atom stereocenters. The van der Waals surface area contributed by atoms with Crippen LogP contribution in [0.3, 0.4) is 0 Å². The fourth-order valence-electron chi connectivity index (χ4n) is 2.08. The Morgan fingerprint density at radius 3 is 2.63 bits per heavy atom. The number of anilines is 1. The normalized spacial score (nSPS) is 10.4. The smallest absolute Gasteiger partial charge is 0.131 e. The Kier molecular flexibility index (Phi) is 4.86. The SMILES string of the molecule is CN(CCc1ccncc1)c1ncccc1CCN. The highest BCUT2D eigenvalue weighted by Gasteiger charge is 2.07. The van der Waals surface area contributed by atoms with E-state index in [0.717, 1.165) is 25.2 Å². The highest BCUT2D eigenvalue weighted by atomic mass is 15.2. The number of hydrogen-bond donors (Lipinski definition) is 1. The maximum atomic E-state index is 5.64. The number of rotatable bonds is 6. The van der Waals surface area contributed by atoms with E-state index in [1.165, 1.54) is 11.1 Å². The minimum Gasteiger partial charge on any atom is -0.359 e. The summed E-state index contributed by atoms with van der Waals surface area (Å²) < 4.78 is 0. The quantitative estimate of drug-likeness (QED) is 0.854. The molecule has 0 aliphatic rings. The Bertz CT molecular complexity index is 499. The van der Waals surface area contributed by atoms with Gasteiger partial charge in [-0.3, -0.25) is 4.98 Å². The zero-order valence-corrected chi connectivity index (χ0v) is 11.3. The molecule has 0 spiro atoms. The second kappa shape index (κ2) is 6.85. The molecule has 0 amide bonds. The summed E-state index contributed by atoms with van der Waals surface area (Å²) in [6.07, 6.45) is 7.34. The number of nitrogens with zero attached hydrogens (tertiary/aromatic N) is 3. The van der Waals surface area contributed by atoms with Crippen molar-refractivity contribution in [2.75, 3.05) is 25.0 Å². The summed E-state index contributed by atoms with van der Waals surface area (Å²) in [5.74, 6) is 1.03. The molecule has 0 aromatic carbocycles. The van der Waals surface area contributed by atoms with Gasteiger partial charge in [-0.2, -0.15) is 0 Å². The van der Waals surface area contributed by atoms with Crippen molar-refractivity contribution >= 4 is 5.82 Å². The van der Waals surface area contributed by atoms with E-state index in [9.17, 15) is 0 Å². The van der Waals surface area contributed by atoms with Gasteiger partial charge in [0.1, 0.15) is 5.82 Å². The van der Waals surface area contributed by atoms with Gasteiger partial charge < -0.3 is 10.6 Å². The zero-order valence-electron chi connectivity index (χ0n) is 11.3. The minimum atomic E-state index is 0.650. The Labute approximate surface area is 114 Å². The fraction of sp³-hybridized carbons (Fsp3) is 0.333. The molecular weight excluding hydrogens is 236 g/mol. The summed E-state index contributed by atoms with van der Waals surface area (Å²) in [5, 5.41) is 0. The first-order chi connectivity index (χ1) is 9.31. The van der Waals surface area contributed by atoms with Gasteiger partial charge >= 0.3 is 0 Å². The first-order valence-corrected chi connectivity index (χ1v) is 6.55. The second-order valence-electron chi connectivity index (χ2n) is 4.55. The molecule has 100 valence electrons. The molecule has 2 aromatic rings. The van der Waals surface area contributed by atoms with E-state index in [0.29, 0.717) is 6.54 Å². The largest absolute Gasteiger partial charge is 0.359 e. The molecule has 0 saturated carbocycles. The maximum absolute atomic E-state index is 5.64. The van der Waals surface area contributed by atoms with Crippen molar-refractivity contribution in [1.29, 1.82) is 0 Å². The Morgan fingerprint density at radius 1 is 1.11 bits per heavy atom. The number of pyridine rings is 2. The van der Waals surface area contributed by atoms with E-state index in [1.54, 1.807) is 0 Å². The molecule has 0 bridgehead atoms. The highest BCUT2D eigenvalue weighted by Crippen LogP contribution is 2.16. The molecule has 0 atom stereocenters. The lowest BCUT2D eigenvalue weighted by molar-refractivity contribution is 0.840. The average Bonchev–Trinajstić information content (AvgIpc) is 2.47. The Balaban J connectivity index is 2.01. The molecule has 0 aliphatic carbocycles. The van der Waals surface area contributed by atoms with Gasteiger partial charge in [-0.05, 0) is 48.7 Å². The summed E-state index contributed by atoms with van der Waals surface area (Å²) in [4.78, 5) is 10.7. The fourth-order valence-corrected chi connectivity index (χ4v) is 2.08. The predicted molar refractivity (Wildman–Crippen MR) is 78.2 cm³/mol. The Hall–Kier alpha value is -1.94. The number of likely N-dealkylation sites (N-methyl/N-ethyl adjacent to an activating group) is 1. The van der Waals surface area contributed by atoms with E-state index in [1.807, 2.05) is 36.8 Å². The molecule has 0 aliphatic heterocycles. The van der Waals surface area contributed by atoms with E-state index >= 15 is 0 Å². The first-order valence-electron chi connectivity index (χ1n) is 6.55.